The third-order valence-corrected chi connectivity index (χ3v) is 5.27. The van der Waals surface area contributed by atoms with Gasteiger partial charge in [0.1, 0.15) is 6.04 Å². The summed E-state index contributed by atoms with van der Waals surface area (Å²) in [7, 11) is -4.02. The van der Waals surface area contributed by atoms with Crippen LogP contribution in [0.15, 0.2) is 40.2 Å². The number of hydrogen-bond donors (Lipinski definition) is 6. The molecule has 0 aliphatic carbocycles. The van der Waals surface area contributed by atoms with Crippen LogP contribution < -0.4 is 26.8 Å². The third-order valence-electron chi connectivity index (χ3n) is 3.78. The summed E-state index contributed by atoms with van der Waals surface area (Å²) in [5.41, 5.74) is 10.4. The van der Waals surface area contributed by atoms with E-state index >= 15 is 0 Å². The number of amides is 2. The van der Waals surface area contributed by atoms with Crippen LogP contribution in [0.25, 0.3) is 0 Å². The van der Waals surface area contributed by atoms with Crippen LogP contribution in [-0.4, -0.2) is 57.2 Å². The van der Waals surface area contributed by atoms with Gasteiger partial charge in [0, 0.05) is 19.6 Å². The number of rotatable bonds is 13. The zero-order valence-electron chi connectivity index (χ0n) is 16.0. The van der Waals surface area contributed by atoms with Gasteiger partial charge < -0.3 is 27.2 Å². The number of nitrogens with two attached hydrogens (primary N) is 2. The minimum atomic E-state index is -4.02. The fraction of sp³-hybridized carbons (Fsp3) is 0.471. The lowest BCUT2D eigenvalue weighted by molar-refractivity contribution is -0.138. The Bertz CT molecular complexity index is 781. The van der Waals surface area contributed by atoms with Gasteiger partial charge in [-0.2, -0.15) is 4.72 Å². The maximum absolute atomic E-state index is 12.2. The summed E-state index contributed by atoms with van der Waals surface area (Å²) < 4.78 is 26.5. The van der Waals surface area contributed by atoms with E-state index in [1.807, 2.05) is 0 Å². The highest BCUT2D eigenvalue weighted by atomic mass is 32.2. The molecule has 1 aromatic rings. The second-order valence-corrected chi connectivity index (χ2v) is 7.90. The van der Waals surface area contributed by atoms with Crippen molar-refractivity contribution in [2.45, 2.75) is 36.6 Å². The molecule has 0 heterocycles. The molecule has 11 nitrogen and oxygen atoms in total. The van der Waals surface area contributed by atoms with E-state index in [0.29, 0.717) is 13.1 Å². The van der Waals surface area contributed by atoms with Crippen LogP contribution in [0.2, 0.25) is 0 Å². The fourth-order valence-corrected chi connectivity index (χ4v) is 3.50. The van der Waals surface area contributed by atoms with E-state index in [1.54, 1.807) is 6.07 Å². The molecule has 162 valence electrons. The second-order valence-electron chi connectivity index (χ2n) is 6.18. The Morgan fingerprint density at radius 1 is 1.03 bits per heavy atom. The maximum Gasteiger partial charge on any atom is 0.323 e. The number of hydrogen-bond acceptors (Lipinski definition) is 5. The molecule has 8 N–H and O–H groups in total. The number of carboxylic acid groups (broad SMARTS) is 1. The first-order valence-corrected chi connectivity index (χ1v) is 10.6. The third kappa shape index (κ3) is 10.3. The molecule has 1 rings (SSSR count). The van der Waals surface area contributed by atoms with Gasteiger partial charge in [0.2, 0.25) is 10.0 Å². The number of unbranched alkanes of at least 4 members (excludes halogenated alkanes) is 3. The molecule has 29 heavy (non-hydrogen) atoms. The van der Waals surface area contributed by atoms with E-state index in [2.05, 4.69) is 20.3 Å². The molecule has 0 spiro atoms. The van der Waals surface area contributed by atoms with Crippen molar-refractivity contribution in [1.82, 2.24) is 15.4 Å². The summed E-state index contributed by atoms with van der Waals surface area (Å²) in [5.74, 6) is -1.33. The van der Waals surface area contributed by atoms with E-state index in [0.717, 1.165) is 25.7 Å². The Balaban J connectivity index is 2.32. The zero-order chi connectivity index (χ0) is 21.7. The second kappa shape index (κ2) is 12.6. The van der Waals surface area contributed by atoms with E-state index in [1.165, 1.54) is 24.3 Å². The van der Waals surface area contributed by atoms with Crippen molar-refractivity contribution in [1.29, 1.82) is 0 Å². The molecule has 0 aromatic heterocycles. The molecule has 0 radical (unpaired) electrons. The maximum atomic E-state index is 12.2. The number of nitrogens with zero attached hydrogens (tertiary/aromatic N) is 1. The highest BCUT2D eigenvalue weighted by molar-refractivity contribution is 7.89. The quantitative estimate of drug-likeness (QED) is 0.139. The molecule has 0 aliphatic heterocycles. The van der Waals surface area contributed by atoms with Crippen LogP contribution in [0.5, 0.6) is 0 Å². The Morgan fingerprint density at radius 2 is 1.69 bits per heavy atom. The average Bonchev–Trinajstić information content (AvgIpc) is 2.67. The molecule has 1 atom stereocenters. The molecule has 0 fully saturated rings. The number of aliphatic imine (C=N–C) groups is 1. The number of urea groups is 1. The Kier molecular flexibility index (Phi) is 10.5. The molecular formula is C17H28N6O5S. The molecular weight excluding hydrogens is 400 g/mol. The van der Waals surface area contributed by atoms with Crippen molar-refractivity contribution in [2.24, 2.45) is 16.5 Å². The summed E-state index contributed by atoms with van der Waals surface area (Å²) in [6.45, 7) is 0.569. The number of carbonyl (C=O) groups excluding carboxylic acids is 1. The van der Waals surface area contributed by atoms with Crippen LogP contribution in [-0.2, 0) is 14.8 Å². The number of carbonyl (C=O) groups is 2. The molecule has 1 aromatic carbocycles. The number of guanidine groups is 1. The van der Waals surface area contributed by atoms with E-state index in [4.69, 9.17) is 11.5 Å². The molecule has 12 heteroatoms. The largest absolute Gasteiger partial charge is 0.480 e. The van der Waals surface area contributed by atoms with Gasteiger partial charge in [-0.15, -0.1) is 0 Å². The van der Waals surface area contributed by atoms with Crippen molar-refractivity contribution in [2.75, 3.05) is 19.6 Å². The Labute approximate surface area is 170 Å². The first-order chi connectivity index (χ1) is 13.7. The van der Waals surface area contributed by atoms with E-state index in [-0.39, 0.29) is 10.9 Å². The standard InChI is InChI=1S/C17H28N6O5S/c18-16(19)20-10-6-1-2-7-11-21-17(26)22-12-14(15(24)25)23-29(27,28)13-8-4-3-5-9-13/h3-5,8-9,14,23H,1-2,6-7,10-12H2,(H,24,25)(H4,18,19,20)(H2,21,22,26)/t14-/m1/s1. The fourth-order valence-electron chi connectivity index (χ4n) is 2.29. The van der Waals surface area contributed by atoms with Gasteiger partial charge in [-0.3, -0.25) is 9.79 Å². The topological polar surface area (TPSA) is 189 Å². The van der Waals surface area contributed by atoms with Gasteiger partial charge in [-0.05, 0) is 25.0 Å². The number of aliphatic carboxylic acids is 1. The minimum Gasteiger partial charge on any atom is -0.480 e. The molecule has 0 saturated carbocycles. The number of sulfonamides is 1. The summed E-state index contributed by atoms with van der Waals surface area (Å²) in [6.07, 6.45) is 3.35. The van der Waals surface area contributed by atoms with Crippen molar-refractivity contribution in [3.63, 3.8) is 0 Å². The molecule has 0 aliphatic rings. The average molecular weight is 429 g/mol. The van der Waals surface area contributed by atoms with Crippen molar-refractivity contribution >= 4 is 28.0 Å². The van der Waals surface area contributed by atoms with Crippen molar-refractivity contribution < 1.29 is 23.1 Å². The molecule has 0 bridgehead atoms. The van der Waals surface area contributed by atoms with Gasteiger partial charge in [0.15, 0.2) is 5.96 Å². The first-order valence-electron chi connectivity index (χ1n) is 9.09. The van der Waals surface area contributed by atoms with Gasteiger partial charge >= 0.3 is 12.0 Å². The summed E-state index contributed by atoms with van der Waals surface area (Å²) in [6, 6.07) is 5.31. The van der Waals surface area contributed by atoms with E-state index in [9.17, 15) is 23.1 Å². The van der Waals surface area contributed by atoms with Crippen LogP contribution in [0.1, 0.15) is 25.7 Å². The van der Waals surface area contributed by atoms with Gasteiger partial charge in [0.25, 0.3) is 0 Å². The smallest absolute Gasteiger partial charge is 0.323 e. The SMILES string of the molecule is NC(N)=NCCCCCCNC(=O)NC[C@@H](NS(=O)(=O)c1ccccc1)C(=O)O. The first kappa shape index (κ1) is 24.2. The predicted molar refractivity (Wildman–Crippen MR) is 109 cm³/mol. The minimum absolute atomic E-state index is 0.0597. The molecule has 0 saturated heterocycles. The number of carboxylic acids is 1. The summed E-state index contributed by atoms with van der Waals surface area (Å²) in [5, 5.41) is 14.2. The van der Waals surface area contributed by atoms with Crippen molar-refractivity contribution in [3.05, 3.63) is 30.3 Å². The number of benzene rings is 1. The van der Waals surface area contributed by atoms with Gasteiger partial charge in [-0.25, -0.2) is 13.2 Å². The van der Waals surface area contributed by atoms with Crippen LogP contribution in [0.4, 0.5) is 4.79 Å². The lowest BCUT2D eigenvalue weighted by Gasteiger charge is -2.16. The predicted octanol–water partition coefficient (Wildman–Crippen LogP) is -0.449. The summed E-state index contributed by atoms with van der Waals surface area (Å²) in [4.78, 5) is 26.9. The highest BCUT2D eigenvalue weighted by Gasteiger charge is 2.25. The number of nitrogens with one attached hydrogen (secondary N) is 3. The van der Waals surface area contributed by atoms with Crippen LogP contribution in [0, 0.1) is 0 Å². The van der Waals surface area contributed by atoms with Crippen LogP contribution in [0.3, 0.4) is 0 Å². The zero-order valence-corrected chi connectivity index (χ0v) is 16.8. The molecule has 2 amide bonds. The van der Waals surface area contributed by atoms with Gasteiger partial charge in [-0.1, -0.05) is 31.0 Å². The lowest BCUT2D eigenvalue weighted by atomic mass is 10.2. The monoisotopic (exact) mass is 428 g/mol. The van der Waals surface area contributed by atoms with Crippen molar-refractivity contribution in [3.8, 4) is 0 Å². The van der Waals surface area contributed by atoms with Gasteiger partial charge in [0.05, 0.1) is 4.90 Å². The van der Waals surface area contributed by atoms with E-state index < -0.39 is 34.6 Å². The summed E-state index contributed by atoms with van der Waals surface area (Å²) >= 11 is 0. The lowest BCUT2D eigenvalue weighted by Crippen LogP contribution is -2.50. The molecule has 0 unspecified atom stereocenters. The Hall–Kier alpha value is -2.86. The normalized spacial score (nSPS) is 12.0. The highest BCUT2D eigenvalue weighted by Crippen LogP contribution is 2.08. The Morgan fingerprint density at radius 3 is 2.31 bits per heavy atom. The van der Waals surface area contributed by atoms with Crippen LogP contribution >= 0.6 is 0 Å².